The molecule has 0 rings (SSSR count). The molecule has 0 saturated carbocycles. The van der Waals surface area contributed by atoms with E-state index in [-0.39, 0.29) is 13.0 Å². The summed E-state index contributed by atoms with van der Waals surface area (Å²) in [7, 11) is -2.82. The van der Waals surface area contributed by atoms with Crippen LogP contribution in [0.2, 0.25) is 0 Å². The van der Waals surface area contributed by atoms with Gasteiger partial charge in [0, 0.05) is 6.54 Å². The van der Waals surface area contributed by atoms with Crippen molar-refractivity contribution >= 4 is 22.3 Å². The maximum Gasteiger partial charge on any atom is 0.422 e. The first-order valence-corrected chi connectivity index (χ1v) is 6.30. The van der Waals surface area contributed by atoms with Crippen molar-refractivity contribution in [2.24, 2.45) is 0 Å². The van der Waals surface area contributed by atoms with E-state index in [2.05, 4.69) is 9.47 Å². The number of esters is 1. The molecule has 0 aromatic rings. The molecule has 0 aromatic heterocycles. The van der Waals surface area contributed by atoms with E-state index < -0.39 is 28.4 Å². The van der Waals surface area contributed by atoms with Gasteiger partial charge >= 0.3 is 22.3 Å². The Morgan fingerprint density at radius 2 is 1.88 bits per heavy atom. The molecule has 0 heterocycles. The van der Waals surface area contributed by atoms with E-state index in [9.17, 15) is 18.0 Å². The molecule has 8 nitrogen and oxygen atoms in total. The number of hydrogen-bond acceptors (Lipinski definition) is 6. The van der Waals surface area contributed by atoms with Crippen molar-refractivity contribution in [2.75, 3.05) is 13.7 Å². The monoisotopic (exact) mass is 268 g/mol. The van der Waals surface area contributed by atoms with Gasteiger partial charge in [-0.2, -0.15) is 13.1 Å². The number of amides is 1. The van der Waals surface area contributed by atoms with Gasteiger partial charge in [0.2, 0.25) is 0 Å². The summed E-state index contributed by atoms with van der Waals surface area (Å²) in [6.07, 6.45) is -1.64. The molecule has 0 saturated heterocycles. The molecule has 0 radical (unpaired) electrons. The lowest BCUT2D eigenvalue weighted by Gasteiger charge is -2.10. The number of ether oxygens (including phenoxy) is 2. The first-order valence-electron chi connectivity index (χ1n) is 4.81. The zero-order valence-corrected chi connectivity index (χ0v) is 10.7. The number of rotatable bonds is 6. The number of carbonyl (C=O) groups excluding carboxylic acids is 2. The maximum atomic E-state index is 11.2. The van der Waals surface area contributed by atoms with Crippen LogP contribution in [-0.4, -0.2) is 40.2 Å². The Morgan fingerprint density at radius 3 is 2.35 bits per heavy atom. The van der Waals surface area contributed by atoms with E-state index in [1.54, 1.807) is 18.6 Å². The van der Waals surface area contributed by atoms with E-state index in [1.807, 2.05) is 4.72 Å². The van der Waals surface area contributed by atoms with Crippen molar-refractivity contribution < 1.29 is 27.5 Å². The van der Waals surface area contributed by atoms with Crippen molar-refractivity contribution in [2.45, 2.75) is 26.4 Å². The Bertz CT molecular complexity index is 364. The lowest BCUT2D eigenvalue weighted by molar-refractivity contribution is -0.140. The van der Waals surface area contributed by atoms with E-state index in [0.717, 1.165) is 0 Å². The molecule has 0 aliphatic carbocycles. The Morgan fingerprint density at radius 1 is 1.29 bits per heavy atom. The normalized spacial score (nSPS) is 11.1. The van der Waals surface area contributed by atoms with Gasteiger partial charge in [-0.15, -0.1) is 0 Å². The molecule has 0 aliphatic heterocycles. The van der Waals surface area contributed by atoms with Gasteiger partial charge in [0.25, 0.3) is 0 Å². The molecule has 0 fully saturated rings. The molecule has 17 heavy (non-hydrogen) atoms. The van der Waals surface area contributed by atoms with Crippen LogP contribution in [0.5, 0.6) is 0 Å². The van der Waals surface area contributed by atoms with Gasteiger partial charge in [-0.05, 0) is 13.8 Å². The van der Waals surface area contributed by atoms with E-state index in [1.165, 1.54) is 7.11 Å². The van der Waals surface area contributed by atoms with Gasteiger partial charge < -0.3 is 9.47 Å². The molecule has 0 aliphatic rings. The minimum Gasteiger partial charge on any atom is -0.469 e. The summed E-state index contributed by atoms with van der Waals surface area (Å²) in [6, 6.07) is 0. The van der Waals surface area contributed by atoms with Gasteiger partial charge in [-0.25, -0.2) is 9.52 Å². The van der Waals surface area contributed by atoms with Crippen LogP contribution in [0.15, 0.2) is 0 Å². The van der Waals surface area contributed by atoms with Gasteiger partial charge in [-0.3, -0.25) is 4.79 Å². The summed E-state index contributed by atoms with van der Waals surface area (Å²) in [5.41, 5.74) is 0. The van der Waals surface area contributed by atoms with Crippen molar-refractivity contribution in [3.63, 3.8) is 0 Å². The molecule has 0 spiro atoms. The second-order valence-corrected chi connectivity index (χ2v) is 4.78. The molecule has 0 aromatic carbocycles. The highest BCUT2D eigenvalue weighted by atomic mass is 32.2. The molecular formula is C8H16N2O6S. The quantitative estimate of drug-likeness (QED) is 0.629. The summed E-state index contributed by atoms with van der Waals surface area (Å²) in [4.78, 5) is 21.7. The summed E-state index contributed by atoms with van der Waals surface area (Å²) in [5, 5.41) is 0. The van der Waals surface area contributed by atoms with Gasteiger partial charge in [0.05, 0.1) is 19.6 Å². The standard InChI is InChI=1S/C8H16N2O6S/c1-6(2)16-8(12)10-17(13,14)9-5-4-7(11)15-3/h6,9H,4-5H2,1-3H3,(H,10,12). The van der Waals surface area contributed by atoms with Crippen molar-refractivity contribution in [3.05, 3.63) is 0 Å². The number of methoxy groups -OCH3 is 1. The van der Waals surface area contributed by atoms with Gasteiger partial charge in [0.15, 0.2) is 0 Å². The highest BCUT2D eigenvalue weighted by Crippen LogP contribution is 1.90. The molecular weight excluding hydrogens is 252 g/mol. The minimum absolute atomic E-state index is 0.128. The van der Waals surface area contributed by atoms with Crippen LogP contribution < -0.4 is 9.44 Å². The van der Waals surface area contributed by atoms with Crippen LogP contribution in [0.3, 0.4) is 0 Å². The Kier molecular flexibility index (Phi) is 6.51. The zero-order chi connectivity index (χ0) is 13.5. The second-order valence-electron chi connectivity index (χ2n) is 3.28. The topological polar surface area (TPSA) is 111 Å². The fourth-order valence-electron chi connectivity index (χ4n) is 0.773. The third-order valence-electron chi connectivity index (χ3n) is 1.41. The van der Waals surface area contributed by atoms with E-state index in [4.69, 9.17) is 0 Å². The fourth-order valence-corrected chi connectivity index (χ4v) is 1.48. The Labute approximate surface area is 99.8 Å². The van der Waals surface area contributed by atoms with Crippen LogP contribution >= 0.6 is 0 Å². The largest absolute Gasteiger partial charge is 0.469 e. The van der Waals surface area contributed by atoms with Crippen LogP contribution in [-0.2, 0) is 24.5 Å². The third kappa shape index (κ3) is 8.46. The highest BCUT2D eigenvalue weighted by molar-refractivity contribution is 7.88. The predicted octanol–water partition coefficient (Wildman–Crippen LogP) is -0.481. The van der Waals surface area contributed by atoms with Crippen LogP contribution in [0, 0.1) is 0 Å². The van der Waals surface area contributed by atoms with Crippen molar-refractivity contribution in [1.82, 2.24) is 9.44 Å². The molecule has 1 amide bonds. The molecule has 9 heteroatoms. The average Bonchev–Trinajstić information content (AvgIpc) is 2.14. The summed E-state index contributed by atoms with van der Waals surface area (Å²) >= 11 is 0. The first-order chi connectivity index (χ1) is 7.76. The van der Waals surface area contributed by atoms with Crippen LogP contribution in [0.4, 0.5) is 4.79 Å². The van der Waals surface area contributed by atoms with Crippen molar-refractivity contribution in [3.8, 4) is 0 Å². The highest BCUT2D eigenvalue weighted by Gasteiger charge is 2.16. The number of hydrogen-bond donors (Lipinski definition) is 2. The molecule has 0 bridgehead atoms. The first kappa shape index (κ1) is 15.7. The molecule has 100 valence electrons. The average molecular weight is 268 g/mol. The van der Waals surface area contributed by atoms with Gasteiger partial charge in [0.1, 0.15) is 0 Å². The summed E-state index contributed by atoms with van der Waals surface area (Å²) < 4.78 is 34.9. The molecule has 0 atom stereocenters. The number of nitrogens with one attached hydrogen (secondary N) is 2. The second kappa shape index (κ2) is 7.07. The predicted molar refractivity (Wildman–Crippen MR) is 58.3 cm³/mol. The maximum absolute atomic E-state index is 11.2. The molecule has 2 N–H and O–H groups in total. The Balaban J connectivity index is 4.04. The summed E-state index contributed by atoms with van der Waals surface area (Å²) in [5.74, 6) is -0.558. The smallest absolute Gasteiger partial charge is 0.422 e. The SMILES string of the molecule is COC(=O)CCNS(=O)(=O)NC(=O)OC(C)C. The Hall–Kier alpha value is -1.35. The van der Waals surface area contributed by atoms with E-state index in [0.29, 0.717) is 0 Å². The third-order valence-corrected chi connectivity index (χ3v) is 2.43. The van der Waals surface area contributed by atoms with Crippen LogP contribution in [0.25, 0.3) is 0 Å². The zero-order valence-electron chi connectivity index (χ0n) is 9.85. The minimum atomic E-state index is -4.01. The fraction of sp³-hybridized carbons (Fsp3) is 0.750. The van der Waals surface area contributed by atoms with E-state index >= 15 is 0 Å². The molecule has 0 unspecified atom stereocenters. The summed E-state index contributed by atoms with van der Waals surface area (Å²) in [6.45, 7) is 2.99. The van der Waals surface area contributed by atoms with Crippen LogP contribution in [0.1, 0.15) is 20.3 Å². The number of carbonyl (C=O) groups is 2. The lowest BCUT2D eigenvalue weighted by atomic mass is 10.4. The van der Waals surface area contributed by atoms with Gasteiger partial charge in [-0.1, -0.05) is 0 Å². The van der Waals surface area contributed by atoms with Crippen molar-refractivity contribution in [1.29, 1.82) is 0 Å². The lowest BCUT2D eigenvalue weighted by Crippen LogP contribution is -2.41.